The van der Waals surface area contributed by atoms with Crippen LogP contribution in [-0.2, 0) is 32.2 Å². The summed E-state index contributed by atoms with van der Waals surface area (Å²) < 4.78 is 22.2. The topological polar surface area (TPSA) is 118 Å². The van der Waals surface area contributed by atoms with Crippen LogP contribution in [0.25, 0.3) is 0 Å². The molecule has 180 valence electrons. The lowest BCUT2D eigenvalue weighted by atomic mass is 10.1. The van der Waals surface area contributed by atoms with Gasteiger partial charge >= 0.3 is 12.2 Å². The number of likely N-dealkylation sites (tertiary alicyclic amines) is 2. The highest BCUT2D eigenvalue weighted by molar-refractivity contribution is 5.69. The van der Waals surface area contributed by atoms with Crippen LogP contribution in [0, 0.1) is 0 Å². The van der Waals surface area contributed by atoms with Crippen molar-refractivity contribution in [3.05, 3.63) is 71.8 Å². The Morgan fingerprint density at radius 1 is 0.765 bits per heavy atom. The number of amides is 2. The van der Waals surface area contributed by atoms with E-state index >= 15 is 0 Å². The summed E-state index contributed by atoms with van der Waals surface area (Å²) in [5, 5.41) is 22.0. The zero-order valence-corrected chi connectivity index (χ0v) is 18.4. The van der Waals surface area contributed by atoms with Gasteiger partial charge in [0.25, 0.3) is 0 Å². The van der Waals surface area contributed by atoms with E-state index in [4.69, 9.17) is 18.9 Å². The summed E-state index contributed by atoms with van der Waals surface area (Å²) >= 11 is 0. The number of benzene rings is 2. The van der Waals surface area contributed by atoms with Gasteiger partial charge in [0.15, 0.2) is 0 Å². The molecule has 2 N–H and O–H groups in total. The molecule has 2 amide bonds. The Morgan fingerprint density at radius 2 is 1.15 bits per heavy atom. The molecule has 3 fully saturated rings. The Morgan fingerprint density at radius 3 is 1.53 bits per heavy atom. The molecule has 10 heteroatoms. The van der Waals surface area contributed by atoms with Gasteiger partial charge in [0.05, 0.1) is 26.2 Å². The molecule has 0 saturated carbocycles. The van der Waals surface area contributed by atoms with Crippen molar-refractivity contribution in [1.82, 2.24) is 9.80 Å². The number of rotatable bonds is 4. The van der Waals surface area contributed by atoms with E-state index < -0.39 is 36.0 Å². The lowest BCUT2D eigenvalue weighted by Crippen LogP contribution is -2.63. The maximum absolute atomic E-state index is 12.5. The summed E-state index contributed by atoms with van der Waals surface area (Å²) in [6.07, 6.45) is -3.25. The van der Waals surface area contributed by atoms with Gasteiger partial charge in [-0.3, -0.25) is 9.80 Å². The van der Waals surface area contributed by atoms with E-state index in [1.807, 2.05) is 60.7 Å². The van der Waals surface area contributed by atoms with Crippen LogP contribution in [0.5, 0.6) is 0 Å². The number of hydrogen-bond acceptors (Lipinski definition) is 8. The quantitative estimate of drug-likeness (QED) is 0.690. The predicted molar refractivity (Wildman–Crippen MR) is 116 cm³/mol. The van der Waals surface area contributed by atoms with Crippen LogP contribution in [0.15, 0.2) is 60.7 Å². The van der Waals surface area contributed by atoms with E-state index in [1.165, 1.54) is 9.80 Å². The number of fused-ring (bicyclic) bond motifs is 2. The van der Waals surface area contributed by atoms with Gasteiger partial charge in [0.1, 0.15) is 25.4 Å². The van der Waals surface area contributed by atoms with E-state index in [1.54, 1.807) is 0 Å². The summed E-state index contributed by atoms with van der Waals surface area (Å²) in [6.45, 7) is -0.247. The third-order valence-corrected chi connectivity index (χ3v) is 6.23. The van der Waals surface area contributed by atoms with Crippen molar-refractivity contribution in [2.24, 2.45) is 0 Å². The normalized spacial score (nSPS) is 29.9. The number of β-amino-alcohol motifs (C(OH)–C–C–N with tert-alkyl or cyclic N) is 2. The predicted octanol–water partition coefficient (Wildman–Crippen LogP) is 1.45. The van der Waals surface area contributed by atoms with Gasteiger partial charge in [-0.25, -0.2) is 9.59 Å². The van der Waals surface area contributed by atoms with Crippen molar-refractivity contribution in [3.8, 4) is 0 Å². The first-order chi connectivity index (χ1) is 16.3. The van der Waals surface area contributed by atoms with E-state index in [0.29, 0.717) is 0 Å². The van der Waals surface area contributed by atoms with Crippen molar-refractivity contribution < 1.29 is 38.7 Å². The van der Waals surface area contributed by atoms with Crippen LogP contribution >= 0.6 is 0 Å². The standard InChI is InChI=1S/C24H26N2O8/c27-21(31-13-17-7-3-1-4-8-17)25-11-19-23(29,15-25)34-20-12-26(16-24(20,30)33-19)22(28)32-14-18-9-5-2-6-10-18/h1-10,19-20,29-30H,11-16H2. The van der Waals surface area contributed by atoms with Gasteiger partial charge in [-0.2, -0.15) is 0 Å². The van der Waals surface area contributed by atoms with Crippen LogP contribution < -0.4 is 0 Å². The number of carbonyl (C=O) groups is 2. The second-order valence-corrected chi connectivity index (χ2v) is 8.74. The highest BCUT2D eigenvalue weighted by Crippen LogP contribution is 2.41. The minimum Gasteiger partial charge on any atom is -0.445 e. The highest BCUT2D eigenvalue weighted by atomic mass is 16.7. The molecular formula is C24H26N2O8. The molecule has 0 bridgehead atoms. The maximum Gasteiger partial charge on any atom is 0.410 e. The van der Waals surface area contributed by atoms with Crippen LogP contribution in [-0.4, -0.2) is 82.2 Å². The van der Waals surface area contributed by atoms with E-state index in [0.717, 1.165) is 11.1 Å². The second kappa shape index (κ2) is 8.88. The van der Waals surface area contributed by atoms with Gasteiger partial charge in [-0.15, -0.1) is 0 Å². The zero-order valence-electron chi connectivity index (χ0n) is 18.4. The number of aliphatic hydroxyl groups is 2. The Labute approximate surface area is 196 Å². The second-order valence-electron chi connectivity index (χ2n) is 8.74. The van der Waals surface area contributed by atoms with Gasteiger partial charge in [0.2, 0.25) is 11.6 Å². The molecule has 4 atom stereocenters. The summed E-state index contributed by atoms with van der Waals surface area (Å²) in [7, 11) is 0. The third kappa shape index (κ3) is 4.45. The molecule has 3 aliphatic heterocycles. The number of carbonyl (C=O) groups excluding carboxylic acids is 2. The molecule has 0 aromatic heterocycles. The number of ether oxygens (including phenoxy) is 4. The fourth-order valence-corrected chi connectivity index (χ4v) is 4.44. The van der Waals surface area contributed by atoms with Crippen LogP contribution in [0.2, 0.25) is 0 Å². The van der Waals surface area contributed by atoms with Crippen molar-refractivity contribution in [2.45, 2.75) is 37.0 Å². The molecule has 0 spiro atoms. The highest BCUT2D eigenvalue weighted by Gasteiger charge is 2.64. The Hall–Kier alpha value is -3.18. The number of nitrogens with zero attached hydrogens (tertiary/aromatic N) is 2. The van der Waals surface area contributed by atoms with Gasteiger partial charge in [-0.1, -0.05) is 60.7 Å². The molecule has 3 saturated heterocycles. The molecule has 34 heavy (non-hydrogen) atoms. The molecule has 0 radical (unpaired) electrons. The minimum absolute atomic E-state index is 0.0302. The van der Waals surface area contributed by atoms with Crippen LogP contribution in [0.3, 0.4) is 0 Å². The van der Waals surface area contributed by atoms with Crippen molar-refractivity contribution in [1.29, 1.82) is 0 Å². The van der Waals surface area contributed by atoms with Crippen molar-refractivity contribution in [3.63, 3.8) is 0 Å². The monoisotopic (exact) mass is 470 g/mol. The van der Waals surface area contributed by atoms with Gasteiger partial charge in [-0.05, 0) is 11.1 Å². The molecular weight excluding hydrogens is 444 g/mol. The zero-order chi connectivity index (χ0) is 23.8. The van der Waals surface area contributed by atoms with Crippen LogP contribution in [0.1, 0.15) is 11.1 Å². The third-order valence-electron chi connectivity index (χ3n) is 6.23. The molecule has 3 heterocycles. The molecule has 10 nitrogen and oxygen atoms in total. The van der Waals surface area contributed by atoms with Crippen LogP contribution in [0.4, 0.5) is 9.59 Å². The van der Waals surface area contributed by atoms with Gasteiger partial charge < -0.3 is 29.2 Å². The first-order valence-corrected chi connectivity index (χ1v) is 11.1. The van der Waals surface area contributed by atoms with E-state index in [9.17, 15) is 19.8 Å². The summed E-state index contributed by atoms with van der Waals surface area (Å²) in [5.41, 5.74) is 1.67. The summed E-state index contributed by atoms with van der Waals surface area (Å²) in [6, 6.07) is 18.5. The van der Waals surface area contributed by atoms with E-state index in [2.05, 4.69) is 0 Å². The van der Waals surface area contributed by atoms with E-state index in [-0.39, 0.29) is 39.4 Å². The fourth-order valence-electron chi connectivity index (χ4n) is 4.44. The number of hydrogen-bond donors (Lipinski definition) is 2. The smallest absolute Gasteiger partial charge is 0.410 e. The molecule has 5 rings (SSSR count). The molecule has 3 aliphatic rings. The molecule has 0 aliphatic carbocycles. The Bertz CT molecular complexity index is 954. The average Bonchev–Trinajstić information content (AvgIpc) is 3.35. The SMILES string of the molecule is O=C(OCc1ccccc1)N1CC2OC3(O)CN(C(=O)OCc4ccccc4)CC3OC2(O)C1. The lowest BCUT2D eigenvalue weighted by molar-refractivity contribution is -0.396. The maximum atomic E-state index is 12.5. The van der Waals surface area contributed by atoms with Crippen molar-refractivity contribution >= 4 is 12.2 Å². The summed E-state index contributed by atoms with van der Waals surface area (Å²) in [4.78, 5) is 27.6. The first-order valence-electron chi connectivity index (χ1n) is 11.1. The fraction of sp³-hybridized carbons (Fsp3) is 0.417. The Kier molecular flexibility index (Phi) is 5.90. The first kappa shape index (κ1) is 22.6. The van der Waals surface area contributed by atoms with Gasteiger partial charge in [0, 0.05) is 0 Å². The summed E-state index contributed by atoms with van der Waals surface area (Å²) in [5.74, 6) is -3.65. The average molecular weight is 470 g/mol. The van der Waals surface area contributed by atoms with Crippen molar-refractivity contribution in [2.75, 3.05) is 26.2 Å². The molecule has 4 unspecified atom stereocenters. The lowest BCUT2D eigenvalue weighted by Gasteiger charge is -2.43. The molecule has 2 aromatic carbocycles. The Balaban J connectivity index is 1.17. The minimum atomic E-state index is -1.83. The largest absolute Gasteiger partial charge is 0.445 e. The molecule has 2 aromatic rings.